The molecule has 4 rings (SSSR count). The Hall–Kier alpha value is -3.12. The zero-order valence-corrected chi connectivity index (χ0v) is 22.3. The smallest absolute Gasteiger partial charge is 0.272 e. The molecule has 0 aliphatic heterocycles. The first-order valence-corrected chi connectivity index (χ1v) is 13.6. The van der Waals surface area contributed by atoms with Crippen molar-refractivity contribution in [3.63, 3.8) is 0 Å². The van der Waals surface area contributed by atoms with Crippen LogP contribution in [0.3, 0.4) is 0 Å². The molecule has 1 amide bonds. The Morgan fingerprint density at radius 2 is 1.89 bits per heavy atom. The Balaban J connectivity index is 1.67. The Morgan fingerprint density at radius 1 is 1.17 bits per heavy atom. The van der Waals surface area contributed by atoms with Crippen LogP contribution in [0.5, 0.6) is 5.75 Å². The number of carbonyl (C=O) groups is 1. The number of nitrogens with two attached hydrogens (primary N) is 1. The van der Waals surface area contributed by atoms with E-state index in [1.807, 2.05) is 36.4 Å². The van der Waals surface area contributed by atoms with Crippen LogP contribution in [-0.4, -0.2) is 36.8 Å². The van der Waals surface area contributed by atoms with E-state index in [4.69, 9.17) is 22.1 Å². The number of hydrogen-bond acceptors (Lipinski definition) is 7. The van der Waals surface area contributed by atoms with E-state index >= 15 is 0 Å². The summed E-state index contributed by atoms with van der Waals surface area (Å²) < 4.78 is 36.2. The van der Waals surface area contributed by atoms with E-state index in [9.17, 15) is 13.2 Å². The summed E-state index contributed by atoms with van der Waals surface area (Å²) in [5.41, 5.74) is 7.22. The van der Waals surface area contributed by atoms with Gasteiger partial charge in [-0.15, -0.1) is 11.3 Å². The number of nitrogens with one attached hydrogen (secondary N) is 2. The highest BCUT2D eigenvalue weighted by Crippen LogP contribution is 2.35. The van der Waals surface area contributed by atoms with Crippen LogP contribution >= 0.6 is 22.9 Å². The van der Waals surface area contributed by atoms with Crippen LogP contribution in [-0.2, 0) is 27.9 Å². The maximum Gasteiger partial charge on any atom is 0.272 e. The van der Waals surface area contributed by atoms with Crippen LogP contribution in [0.15, 0.2) is 58.8 Å². The van der Waals surface area contributed by atoms with Crippen LogP contribution in [0.2, 0.25) is 4.34 Å². The van der Waals surface area contributed by atoms with Gasteiger partial charge < -0.3 is 10.5 Å². The lowest BCUT2D eigenvalue weighted by Crippen LogP contribution is -2.50. The number of halogens is 1. The van der Waals surface area contributed by atoms with Gasteiger partial charge >= 0.3 is 0 Å². The number of methoxy groups -OCH3 is 1. The van der Waals surface area contributed by atoms with E-state index in [-0.39, 0.29) is 10.0 Å². The van der Waals surface area contributed by atoms with E-state index in [1.54, 1.807) is 24.6 Å². The molecule has 9 nitrogen and oxygen atoms in total. The van der Waals surface area contributed by atoms with E-state index in [1.165, 1.54) is 19.2 Å². The first-order chi connectivity index (χ1) is 17.0. The average Bonchev–Trinajstić information content (AvgIpc) is 3.42. The molecule has 0 fully saturated rings. The van der Waals surface area contributed by atoms with Gasteiger partial charge in [0, 0.05) is 6.54 Å². The minimum Gasteiger partial charge on any atom is -0.496 e. The number of anilines is 1. The maximum absolute atomic E-state index is 13.0. The average molecular weight is 548 g/mol. The quantitative estimate of drug-likeness (QED) is 0.276. The first-order valence-electron chi connectivity index (χ1n) is 10.9. The summed E-state index contributed by atoms with van der Waals surface area (Å²) in [6.45, 7) is 4.29. The van der Waals surface area contributed by atoms with Crippen molar-refractivity contribution in [1.29, 1.82) is 0 Å². The minimum absolute atomic E-state index is 0.0872. The van der Waals surface area contributed by atoms with Crippen LogP contribution in [0.1, 0.15) is 25.0 Å². The van der Waals surface area contributed by atoms with Crippen molar-refractivity contribution in [1.82, 2.24) is 15.1 Å². The lowest BCUT2D eigenvalue weighted by molar-refractivity contribution is -0.123. The second-order valence-electron chi connectivity index (χ2n) is 8.69. The molecule has 0 bridgehead atoms. The molecule has 0 aliphatic carbocycles. The number of hydrogen-bond donors (Lipinski definition) is 3. The predicted molar refractivity (Wildman–Crippen MR) is 142 cm³/mol. The summed E-state index contributed by atoms with van der Waals surface area (Å²) in [6, 6.07) is 16.2. The Labute approximate surface area is 218 Å². The van der Waals surface area contributed by atoms with Gasteiger partial charge in [-0.1, -0.05) is 41.9 Å². The standard InChI is InChI=1S/C24H26ClN5O4S2/c1-24(2,23(26)31)27-13-15-6-4-7-16(12-15)14-30-17-8-5-9-18(34-3)21(17)22(28-30)29-36(32,33)20-11-10-19(25)35-20/h4-12,27H,13-14H2,1-3H3,(H2,26,31)(H,28,29). The number of carbonyl (C=O) groups excluding carboxylic acids is 1. The summed E-state index contributed by atoms with van der Waals surface area (Å²) in [7, 11) is -2.38. The minimum atomic E-state index is -3.90. The highest BCUT2D eigenvalue weighted by Gasteiger charge is 2.24. The number of aromatic nitrogens is 2. The lowest BCUT2D eigenvalue weighted by atomic mass is 10.0. The molecule has 0 radical (unpaired) electrons. The molecule has 4 N–H and O–H groups in total. The number of thiophene rings is 1. The van der Waals surface area contributed by atoms with Crippen molar-refractivity contribution in [3.05, 3.63) is 70.1 Å². The van der Waals surface area contributed by atoms with Crippen LogP contribution in [0.25, 0.3) is 10.9 Å². The molecule has 36 heavy (non-hydrogen) atoms. The van der Waals surface area contributed by atoms with Gasteiger partial charge in [0.1, 0.15) is 9.96 Å². The van der Waals surface area contributed by atoms with Crippen molar-refractivity contribution in [2.24, 2.45) is 5.73 Å². The zero-order chi connectivity index (χ0) is 26.1. The fourth-order valence-electron chi connectivity index (χ4n) is 3.60. The third-order valence-electron chi connectivity index (χ3n) is 5.68. The predicted octanol–water partition coefficient (Wildman–Crippen LogP) is 3.96. The summed E-state index contributed by atoms with van der Waals surface area (Å²) >= 11 is 6.90. The number of nitrogens with zero attached hydrogens (tertiary/aromatic N) is 2. The normalized spacial score (nSPS) is 12.1. The van der Waals surface area contributed by atoms with Gasteiger partial charge in [-0.2, -0.15) is 5.10 Å². The summed E-state index contributed by atoms with van der Waals surface area (Å²) in [6.07, 6.45) is 0. The second kappa shape index (κ2) is 10.1. The lowest BCUT2D eigenvalue weighted by Gasteiger charge is -2.22. The molecule has 2 aromatic carbocycles. The highest BCUT2D eigenvalue weighted by atomic mass is 35.5. The fraction of sp³-hybridized carbons (Fsp3) is 0.250. The number of ether oxygens (including phenoxy) is 1. The summed E-state index contributed by atoms with van der Waals surface area (Å²) in [5.74, 6) is 0.218. The molecule has 12 heteroatoms. The van der Waals surface area contributed by atoms with Gasteiger partial charge in [0.05, 0.1) is 34.4 Å². The van der Waals surface area contributed by atoms with E-state index in [2.05, 4.69) is 15.1 Å². The summed E-state index contributed by atoms with van der Waals surface area (Å²) in [5, 5.41) is 8.30. The second-order valence-corrected chi connectivity index (χ2v) is 12.3. The molecule has 0 saturated heterocycles. The van der Waals surface area contributed by atoms with Gasteiger partial charge in [-0.05, 0) is 49.2 Å². The third-order valence-corrected chi connectivity index (χ3v) is 8.74. The van der Waals surface area contributed by atoms with Crippen molar-refractivity contribution in [3.8, 4) is 5.75 Å². The number of rotatable bonds is 10. The van der Waals surface area contributed by atoms with Crippen LogP contribution in [0.4, 0.5) is 5.82 Å². The molecule has 0 saturated carbocycles. The van der Waals surface area contributed by atoms with Gasteiger partial charge in [-0.3, -0.25) is 19.5 Å². The molecule has 0 spiro atoms. The van der Waals surface area contributed by atoms with Crippen molar-refractivity contribution >= 4 is 55.6 Å². The molecule has 0 atom stereocenters. The van der Waals surface area contributed by atoms with Crippen molar-refractivity contribution in [2.45, 2.75) is 36.7 Å². The van der Waals surface area contributed by atoms with Crippen LogP contribution < -0.4 is 20.5 Å². The van der Waals surface area contributed by atoms with E-state index < -0.39 is 21.5 Å². The monoisotopic (exact) mass is 547 g/mol. The van der Waals surface area contributed by atoms with Gasteiger partial charge in [0.25, 0.3) is 10.0 Å². The highest BCUT2D eigenvalue weighted by molar-refractivity contribution is 7.94. The number of sulfonamides is 1. The number of primary amides is 1. The SMILES string of the molecule is COc1cccc2c1c(NS(=O)(=O)c1ccc(Cl)s1)nn2Cc1cccc(CNC(C)(C)C(N)=O)c1. The molecule has 2 heterocycles. The Kier molecular flexibility index (Phi) is 7.28. The fourth-order valence-corrected chi connectivity index (χ4v) is 6.09. The van der Waals surface area contributed by atoms with E-state index in [0.29, 0.717) is 34.1 Å². The Bertz CT molecular complexity index is 1530. The number of amides is 1. The molecule has 2 aromatic heterocycles. The molecular weight excluding hydrogens is 522 g/mol. The van der Waals surface area contributed by atoms with Crippen molar-refractivity contribution in [2.75, 3.05) is 11.8 Å². The maximum atomic E-state index is 13.0. The molecule has 4 aromatic rings. The zero-order valence-electron chi connectivity index (χ0n) is 19.9. The Morgan fingerprint density at radius 3 is 2.56 bits per heavy atom. The molecule has 0 unspecified atom stereocenters. The van der Waals surface area contributed by atoms with Gasteiger partial charge in [-0.25, -0.2) is 8.42 Å². The van der Waals surface area contributed by atoms with Gasteiger partial charge in [0.2, 0.25) is 5.91 Å². The topological polar surface area (TPSA) is 128 Å². The van der Waals surface area contributed by atoms with E-state index in [0.717, 1.165) is 22.5 Å². The first kappa shape index (κ1) is 26.0. The van der Waals surface area contributed by atoms with Crippen LogP contribution in [0, 0.1) is 0 Å². The number of fused-ring (bicyclic) bond motifs is 1. The van der Waals surface area contributed by atoms with Gasteiger partial charge in [0.15, 0.2) is 5.82 Å². The number of benzene rings is 2. The molecule has 0 aliphatic rings. The molecular formula is C24H26ClN5O4S2. The largest absolute Gasteiger partial charge is 0.496 e. The summed E-state index contributed by atoms with van der Waals surface area (Å²) in [4.78, 5) is 11.6. The van der Waals surface area contributed by atoms with Crippen molar-refractivity contribution < 1.29 is 17.9 Å². The molecule has 190 valence electrons. The third kappa shape index (κ3) is 5.49.